The zero-order valence-electron chi connectivity index (χ0n) is 11.8. The van der Waals surface area contributed by atoms with Crippen LogP contribution in [0.1, 0.15) is 25.3 Å². The van der Waals surface area contributed by atoms with Crippen molar-refractivity contribution < 1.29 is 14.6 Å². The van der Waals surface area contributed by atoms with Crippen molar-refractivity contribution in [3.05, 3.63) is 28.2 Å². The Morgan fingerprint density at radius 2 is 2.25 bits per heavy atom. The molecule has 1 rings (SSSR count). The van der Waals surface area contributed by atoms with Gasteiger partial charge in [0, 0.05) is 19.2 Å². The third-order valence-corrected chi connectivity index (χ3v) is 3.46. The van der Waals surface area contributed by atoms with Crippen molar-refractivity contribution in [2.45, 2.75) is 32.4 Å². The Balaban J connectivity index is 2.39. The summed E-state index contributed by atoms with van der Waals surface area (Å²) in [5.41, 5.74) is 0.982. The lowest BCUT2D eigenvalue weighted by molar-refractivity contribution is 0.234. The summed E-state index contributed by atoms with van der Waals surface area (Å²) in [6.07, 6.45) is 1.45. The summed E-state index contributed by atoms with van der Waals surface area (Å²) in [5, 5.41) is 14.3. The Morgan fingerprint density at radius 3 is 2.85 bits per heavy atom. The molecule has 0 aliphatic rings. The van der Waals surface area contributed by atoms with Crippen molar-refractivity contribution in [1.82, 2.24) is 10.6 Å². The molecule has 3 N–H and O–H groups in total. The zero-order chi connectivity index (χ0) is 15.0. The van der Waals surface area contributed by atoms with Gasteiger partial charge in [-0.05, 0) is 53.4 Å². The maximum Gasteiger partial charge on any atom is 0.315 e. The van der Waals surface area contributed by atoms with Gasteiger partial charge in [-0.25, -0.2) is 4.79 Å². The number of amides is 2. The van der Waals surface area contributed by atoms with Gasteiger partial charge in [-0.3, -0.25) is 0 Å². The van der Waals surface area contributed by atoms with Gasteiger partial charge in [0.1, 0.15) is 5.75 Å². The summed E-state index contributed by atoms with van der Waals surface area (Å²) in [4.78, 5) is 11.7. The SMILES string of the molecule is COc1ccc(CNC(=O)NC(C)CCCO)cc1Br. The van der Waals surface area contributed by atoms with E-state index in [1.807, 2.05) is 25.1 Å². The van der Waals surface area contributed by atoms with Crippen LogP contribution >= 0.6 is 15.9 Å². The van der Waals surface area contributed by atoms with Gasteiger partial charge < -0.3 is 20.5 Å². The van der Waals surface area contributed by atoms with Crippen molar-refractivity contribution in [2.75, 3.05) is 13.7 Å². The molecule has 0 bridgehead atoms. The lowest BCUT2D eigenvalue weighted by Gasteiger charge is -2.14. The van der Waals surface area contributed by atoms with Gasteiger partial charge in [-0.15, -0.1) is 0 Å². The molecule has 0 heterocycles. The monoisotopic (exact) mass is 344 g/mol. The second-order valence-electron chi connectivity index (χ2n) is 4.56. The maximum atomic E-state index is 11.7. The van der Waals surface area contributed by atoms with Crippen LogP contribution in [0.5, 0.6) is 5.75 Å². The summed E-state index contributed by atoms with van der Waals surface area (Å²) in [7, 11) is 1.61. The number of halogens is 1. The second-order valence-corrected chi connectivity index (χ2v) is 5.42. The quantitative estimate of drug-likeness (QED) is 0.711. The minimum absolute atomic E-state index is 0.0461. The number of nitrogens with one attached hydrogen (secondary N) is 2. The largest absolute Gasteiger partial charge is 0.496 e. The first-order chi connectivity index (χ1) is 9.56. The Bertz CT molecular complexity index is 440. The Kier molecular flexibility index (Phi) is 7.40. The van der Waals surface area contributed by atoms with Crippen LogP contribution in [-0.4, -0.2) is 30.9 Å². The Hall–Kier alpha value is -1.27. The summed E-state index contributed by atoms with van der Waals surface area (Å²) < 4.78 is 6.01. The molecule has 112 valence electrons. The summed E-state index contributed by atoms with van der Waals surface area (Å²) >= 11 is 3.41. The molecule has 0 saturated heterocycles. The van der Waals surface area contributed by atoms with E-state index < -0.39 is 0 Å². The van der Waals surface area contributed by atoms with Crippen LogP contribution in [0, 0.1) is 0 Å². The average Bonchev–Trinajstić information content (AvgIpc) is 2.43. The topological polar surface area (TPSA) is 70.6 Å². The highest BCUT2D eigenvalue weighted by Gasteiger charge is 2.07. The van der Waals surface area contributed by atoms with Crippen LogP contribution in [-0.2, 0) is 6.54 Å². The molecule has 0 fully saturated rings. The molecular weight excluding hydrogens is 324 g/mol. The molecule has 0 aliphatic heterocycles. The molecule has 1 aromatic carbocycles. The molecule has 0 radical (unpaired) electrons. The van der Waals surface area contributed by atoms with Crippen LogP contribution in [0.25, 0.3) is 0 Å². The van der Waals surface area contributed by atoms with Gasteiger partial charge >= 0.3 is 6.03 Å². The zero-order valence-corrected chi connectivity index (χ0v) is 13.4. The number of carbonyl (C=O) groups is 1. The first-order valence-corrected chi connectivity index (χ1v) is 7.33. The third kappa shape index (κ3) is 5.79. The molecule has 0 aliphatic carbocycles. The number of aliphatic hydroxyl groups excluding tert-OH is 1. The number of aliphatic hydroxyl groups is 1. The number of methoxy groups -OCH3 is 1. The molecule has 1 unspecified atom stereocenters. The molecule has 1 atom stereocenters. The fourth-order valence-corrected chi connectivity index (χ4v) is 2.33. The van der Waals surface area contributed by atoms with Crippen LogP contribution in [0.4, 0.5) is 4.79 Å². The van der Waals surface area contributed by atoms with Crippen molar-refractivity contribution in [3.63, 3.8) is 0 Å². The van der Waals surface area contributed by atoms with Crippen molar-refractivity contribution in [1.29, 1.82) is 0 Å². The van der Waals surface area contributed by atoms with Crippen LogP contribution < -0.4 is 15.4 Å². The molecule has 20 heavy (non-hydrogen) atoms. The highest BCUT2D eigenvalue weighted by molar-refractivity contribution is 9.10. The minimum Gasteiger partial charge on any atom is -0.496 e. The first kappa shape index (κ1) is 16.8. The van der Waals surface area contributed by atoms with Crippen LogP contribution in [0.15, 0.2) is 22.7 Å². The maximum absolute atomic E-state index is 11.7. The third-order valence-electron chi connectivity index (χ3n) is 2.84. The molecule has 1 aromatic rings. The Morgan fingerprint density at radius 1 is 1.50 bits per heavy atom. The number of benzene rings is 1. The second kappa shape index (κ2) is 8.81. The number of ether oxygens (including phenoxy) is 1. The predicted octanol–water partition coefficient (Wildman–Crippen LogP) is 2.42. The van der Waals surface area contributed by atoms with Crippen LogP contribution in [0.3, 0.4) is 0 Å². The molecule has 2 amide bonds. The highest BCUT2D eigenvalue weighted by Crippen LogP contribution is 2.25. The van der Waals surface area contributed by atoms with Gasteiger partial charge in [0.05, 0.1) is 11.6 Å². The molecule has 5 nitrogen and oxygen atoms in total. The van der Waals surface area contributed by atoms with E-state index in [1.54, 1.807) is 7.11 Å². The van der Waals surface area contributed by atoms with Gasteiger partial charge in [0.25, 0.3) is 0 Å². The van der Waals surface area contributed by atoms with E-state index in [4.69, 9.17) is 9.84 Å². The van der Waals surface area contributed by atoms with E-state index >= 15 is 0 Å². The lowest BCUT2D eigenvalue weighted by atomic mass is 10.2. The van der Waals surface area contributed by atoms with Crippen molar-refractivity contribution in [3.8, 4) is 5.75 Å². The standard InChI is InChI=1S/C14H21BrN2O3/c1-10(4-3-7-18)17-14(19)16-9-11-5-6-13(20-2)12(15)8-11/h5-6,8,10,18H,3-4,7,9H2,1-2H3,(H2,16,17,19). The summed E-state index contributed by atoms with van der Waals surface area (Å²) in [6.45, 7) is 2.51. The van der Waals surface area contributed by atoms with E-state index in [9.17, 15) is 4.79 Å². The van der Waals surface area contributed by atoms with E-state index in [1.165, 1.54) is 0 Å². The molecule has 0 saturated carbocycles. The number of carbonyl (C=O) groups excluding carboxylic acids is 1. The number of urea groups is 1. The van der Waals surface area contributed by atoms with Gasteiger partial charge in [0.15, 0.2) is 0 Å². The van der Waals surface area contributed by atoms with E-state index in [0.717, 1.165) is 22.2 Å². The van der Waals surface area contributed by atoms with Gasteiger partial charge in [-0.1, -0.05) is 6.07 Å². The number of rotatable bonds is 7. The first-order valence-electron chi connectivity index (χ1n) is 6.54. The minimum atomic E-state index is -0.206. The molecule has 0 spiro atoms. The summed E-state index contributed by atoms with van der Waals surface area (Å²) in [5.74, 6) is 0.760. The fourth-order valence-electron chi connectivity index (χ4n) is 1.75. The Labute approximate surface area is 127 Å². The van der Waals surface area contributed by atoms with Gasteiger partial charge in [0.2, 0.25) is 0 Å². The average molecular weight is 345 g/mol. The fraction of sp³-hybridized carbons (Fsp3) is 0.500. The number of hydrogen-bond acceptors (Lipinski definition) is 3. The molecule has 0 aromatic heterocycles. The van der Waals surface area contributed by atoms with Gasteiger partial charge in [-0.2, -0.15) is 0 Å². The van der Waals surface area contributed by atoms with Crippen molar-refractivity contribution in [2.24, 2.45) is 0 Å². The highest BCUT2D eigenvalue weighted by atomic mass is 79.9. The van der Waals surface area contributed by atoms with E-state index in [2.05, 4.69) is 26.6 Å². The molecule has 6 heteroatoms. The predicted molar refractivity (Wildman–Crippen MR) is 81.8 cm³/mol. The van der Waals surface area contributed by atoms with Crippen LogP contribution in [0.2, 0.25) is 0 Å². The number of hydrogen-bond donors (Lipinski definition) is 3. The normalized spacial score (nSPS) is 11.8. The summed E-state index contributed by atoms with van der Waals surface area (Å²) in [6, 6.07) is 5.50. The van der Waals surface area contributed by atoms with E-state index in [-0.39, 0.29) is 18.7 Å². The van der Waals surface area contributed by atoms with Crippen molar-refractivity contribution >= 4 is 22.0 Å². The lowest BCUT2D eigenvalue weighted by Crippen LogP contribution is -2.40. The van der Waals surface area contributed by atoms with E-state index in [0.29, 0.717) is 13.0 Å². The molecular formula is C14H21BrN2O3. The smallest absolute Gasteiger partial charge is 0.315 e.